The van der Waals surface area contributed by atoms with Crippen molar-refractivity contribution in [2.45, 2.75) is 25.2 Å². The van der Waals surface area contributed by atoms with Gasteiger partial charge in [-0.3, -0.25) is 4.79 Å². The van der Waals surface area contributed by atoms with Gasteiger partial charge in [-0.1, -0.05) is 0 Å². The summed E-state index contributed by atoms with van der Waals surface area (Å²) in [5.41, 5.74) is 0.510. The summed E-state index contributed by atoms with van der Waals surface area (Å²) in [6.07, 6.45) is 3.60. The minimum atomic E-state index is -0.874. The first-order chi connectivity index (χ1) is 7.65. The van der Waals surface area contributed by atoms with Crippen LogP contribution in [0.3, 0.4) is 0 Å². The Kier molecular flexibility index (Phi) is 3.24. The van der Waals surface area contributed by atoms with E-state index in [1.807, 2.05) is 0 Å². The van der Waals surface area contributed by atoms with Crippen molar-refractivity contribution in [3.63, 3.8) is 0 Å². The highest BCUT2D eigenvalue weighted by molar-refractivity contribution is 5.69. The molecule has 1 aromatic heterocycles. The van der Waals surface area contributed by atoms with Gasteiger partial charge in [-0.15, -0.1) is 0 Å². The third kappa shape index (κ3) is 2.61. The molecule has 0 amide bonds. The Hall–Kier alpha value is -1.36. The van der Waals surface area contributed by atoms with Gasteiger partial charge >= 0.3 is 5.97 Å². The number of oxazole rings is 1. The highest BCUT2D eigenvalue weighted by Crippen LogP contribution is 2.25. The van der Waals surface area contributed by atoms with Crippen LogP contribution in [0.5, 0.6) is 0 Å². The van der Waals surface area contributed by atoms with Gasteiger partial charge in [0.25, 0.3) is 0 Å². The average molecular weight is 224 g/mol. The molecule has 0 radical (unpaired) electrons. The number of nitrogens with zero attached hydrogens (tertiary/aromatic N) is 2. The molecule has 0 aromatic carbocycles. The molecule has 2 rings (SSSR count). The van der Waals surface area contributed by atoms with Crippen LogP contribution in [-0.4, -0.2) is 41.1 Å². The molecule has 1 fully saturated rings. The third-order valence-electron chi connectivity index (χ3n) is 2.88. The Labute approximate surface area is 94.1 Å². The zero-order chi connectivity index (χ0) is 11.5. The maximum Gasteiger partial charge on any atom is 0.309 e. The van der Waals surface area contributed by atoms with Crippen LogP contribution in [0.2, 0.25) is 0 Å². The molecule has 5 heteroatoms. The molecule has 1 atom stereocenters. The van der Waals surface area contributed by atoms with Crippen molar-refractivity contribution in [3.8, 4) is 0 Å². The number of aliphatic carboxylic acids is 1. The van der Waals surface area contributed by atoms with Gasteiger partial charge in [-0.05, 0) is 26.4 Å². The van der Waals surface area contributed by atoms with Gasteiger partial charge in [-0.25, -0.2) is 4.98 Å². The average Bonchev–Trinajstić information content (AvgIpc) is 2.65. The number of carboxylic acids is 1. The molecule has 0 spiro atoms. The summed E-state index contributed by atoms with van der Waals surface area (Å²) in [6.45, 7) is 2.05. The van der Waals surface area contributed by atoms with E-state index in [0.29, 0.717) is 17.5 Å². The van der Waals surface area contributed by atoms with E-state index in [4.69, 9.17) is 9.52 Å². The highest BCUT2D eigenvalue weighted by atomic mass is 16.4. The van der Waals surface area contributed by atoms with E-state index in [2.05, 4.69) is 16.9 Å². The molecule has 2 heterocycles. The number of aromatic nitrogens is 1. The van der Waals surface area contributed by atoms with E-state index in [9.17, 15) is 4.79 Å². The molecule has 1 unspecified atom stereocenters. The predicted octanol–water partition coefficient (Wildman–Crippen LogP) is 1.11. The molecule has 88 valence electrons. The highest BCUT2D eigenvalue weighted by Gasteiger charge is 2.23. The molecule has 0 aliphatic carbocycles. The second-order valence-corrected chi connectivity index (χ2v) is 4.35. The minimum Gasteiger partial charge on any atom is -0.481 e. The zero-order valence-electron chi connectivity index (χ0n) is 9.35. The second kappa shape index (κ2) is 4.65. The van der Waals surface area contributed by atoms with Crippen molar-refractivity contribution < 1.29 is 14.3 Å². The molecule has 0 bridgehead atoms. The van der Waals surface area contributed by atoms with Crippen molar-refractivity contribution in [1.29, 1.82) is 0 Å². The molecule has 1 saturated heterocycles. The first-order valence-electron chi connectivity index (χ1n) is 5.50. The Morgan fingerprint density at radius 1 is 1.75 bits per heavy atom. The molecule has 1 aromatic rings. The fraction of sp³-hybridized carbons (Fsp3) is 0.636. The van der Waals surface area contributed by atoms with E-state index in [-0.39, 0.29) is 6.42 Å². The van der Waals surface area contributed by atoms with Crippen LogP contribution in [0.15, 0.2) is 10.7 Å². The van der Waals surface area contributed by atoms with E-state index in [1.54, 1.807) is 0 Å². The Balaban J connectivity index is 2.03. The first-order valence-corrected chi connectivity index (χ1v) is 5.50. The number of hydrogen-bond donors (Lipinski definition) is 1. The smallest absolute Gasteiger partial charge is 0.309 e. The summed E-state index contributed by atoms with van der Waals surface area (Å²) >= 11 is 0. The zero-order valence-corrected chi connectivity index (χ0v) is 9.35. The van der Waals surface area contributed by atoms with E-state index in [0.717, 1.165) is 25.9 Å². The maximum atomic E-state index is 10.5. The molecule has 1 N–H and O–H groups in total. The van der Waals surface area contributed by atoms with Gasteiger partial charge in [0.05, 0.1) is 12.1 Å². The second-order valence-electron chi connectivity index (χ2n) is 4.35. The topological polar surface area (TPSA) is 66.6 Å². The van der Waals surface area contributed by atoms with Gasteiger partial charge in [0.1, 0.15) is 6.26 Å². The van der Waals surface area contributed by atoms with Crippen LogP contribution >= 0.6 is 0 Å². The first kappa shape index (κ1) is 11.1. The van der Waals surface area contributed by atoms with Gasteiger partial charge in [0.15, 0.2) is 5.89 Å². The summed E-state index contributed by atoms with van der Waals surface area (Å²) in [4.78, 5) is 17.0. The lowest BCUT2D eigenvalue weighted by molar-refractivity contribution is -0.136. The van der Waals surface area contributed by atoms with Crippen LogP contribution in [0.1, 0.15) is 30.3 Å². The quantitative estimate of drug-likeness (QED) is 0.833. The molecular weight excluding hydrogens is 208 g/mol. The van der Waals surface area contributed by atoms with E-state index < -0.39 is 5.97 Å². The van der Waals surface area contributed by atoms with Crippen molar-refractivity contribution in [1.82, 2.24) is 9.88 Å². The SMILES string of the molecule is CN1CCCC(c2nc(CC(=O)O)co2)C1. The fourth-order valence-electron chi connectivity index (χ4n) is 2.11. The van der Waals surface area contributed by atoms with Crippen molar-refractivity contribution in [3.05, 3.63) is 17.8 Å². The largest absolute Gasteiger partial charge is 0.481 e. The number of carboxylic acid groups (broad SMARTS) is 1. The molecule has 16 heavy (non-hydrogen) atoms. The van der Waals surface area contributed by atoms with Gasteiger partial charge in [-0.2, -0.15) is 0 Å². The fourth-order valence-corrected chi connectivity index (χ4v) is 2.11. The number of piperidine rings is 1. The van der Waals surface area contributed by atoms with Gasteiger partial charge < -0.3 is 14.4 Å². The lowest BCUT2D eigenvalue weighted by Crippen LogP contribution is -2.30. The normalized spacial score (nSPS) is 22.2. The summed E-state index contributed by atoms with van der Waals surface area (Å²) in [5, 5.41) is 8.64. The van der Waals surface area contributed by atoms with Crippen molar-refractivity contribution in [2.75, 3.05) is 20.1 Å². The number of rotatable bonds is 3. The molecule has 0 saturated carbocycles. The number of carbonyl (C=O) groups is 1. The van der Waals surface area contributed by atoms with Gasteiger partial charge in [0, 0.05) is 12.5 Å². The predicted molar refractivity (Wildman–Crippen MR) is 57.3 cm³/mol. The molecule has 5 nitrogen and oxygen atoms in total. The lowest BCUT2D eigenvalue weighted by Gasteiger charge is -2.27. The molecular formula is C11H16N2O3. The summed E-state index contributed by atoms with van der Waals surface area (Å²) in [7, 11) is 2.08. The van der Waals surface area contributed by atoms with Crippen LogP contribution in [0.25, 0.3) is 0 Å². The Morgan fingerprint density at radius 3 is 3.25 bits per heavy atom. The van der Waals surface area contributed by atoms with Crippen LogP contribution in [-0.2, 0) is 11.2 Å². The number of likely N-dealkylation sites (N-methyl/N-ethyl adjacent to an activating group) is 1. The maximum absolute atomic E-state index is 10.5. The summed E-state index contributed by atoms with van der Waals surface area (Å²) < 4.78 is 5.35. The van der Waals surface area contributed by atoms with Crippen LogP contribution in [0, 0.1) is 0 Å². The minimum absolute atomic E-state index is 0.0634. The Bertz CT molecular complexity index is 375. The van der Waals surface area contributed by atoms with Crippen molar-refractivity contribution >= 4 is 5.97 Å². The Morgan fingerprint density at radius 2 is 2.56 bits per heavy atom. The number of likely N-dealkylation sites (tertiary alicyclic amines) is 1. The van der Waals surface area contributed by atoms with Gasteiger partial charge in [0.2, 0.25) is 0 Å². The van der Waals surface area contributed by atoms with Crippen LogP contribution in [0.4, 0.5) is 0 Å². The monoisotopic (exact) mass is 224 g/mol. The summed E-state index contributed by atoms with van der Waals surface area (Å²) in [6, 6.07) is 0. The van der Waals surface area contributed by atoms with Crippen LogP contribution < -0.4 is 0 Å². The van der Waals surface area contributed by atoms with E-state index >= 15 is 0 Å². The number of hydrogen-bond acceptors (Lipinski definition) is 4. The third-order valence-corrected chi connectivity index (χ3v) is 2.88. The molecule has 1 aliphatic rings. The summed E-state index contributed by atoms with van der Waals surface area (Å²) in [5.74, 6) is 0.115. The molecule has 1 aliphatic heterocycles. The van der Waals surface area contributed by atoms with E-state index in [1.165, 1.54) is 6.26 Å². The lowest BCUT2D eigenvalue weighted by atomic mass is 9.98. The standard InChI is InChI=1S/C11H16N2O3/c1-13-4-2-3-8(6-13)11-12-9(7-16-11)5-10(14)15/h7-8H,2-6H2,1H3,(H,14,15). The van der Waals surface area contributed by atoms with Crippen molar-refractivity contribution in [2.24, 2.45) is 0 Å².